The van der Waals surface area contributed by atoms with E-state index in [-0.39, 0.29) is 17.1 Å². The Balaban J connectivity index is 2.21. The molecule has 0 saturated carbocycles. The molecule has 0 radical (unpaired) electrons. The van der Waals surface area contributed by atoms with E-state index < -0.39 is 85.3 Å². The van der Waals surface area contributed by atoms with Crippen molar-refractivity contribution in [2.45, 2.75) is 84.5 Å². The van der Waals surface area contributed by atoms with Crippen LogP contribution in [0.3, 0.4) is 0 Å². The second-order valence-electron chi connectivity index (χ2n) is 11.1. The van der Waals surface area contributed by atoms with Gasteiger partial charge in [-0.1, -0.05) is 18.2 Å². The summed E-state index contributed by atoms with van der Waals surface area (Å²) in [6.07, 6.45) is -11.8. The Morgan fingerprint density at radius 1 is 0.673 bits per heavy atom. The van der Waals surface area contributed by atoms with Gasteiger partial charge in [0.1, 0.15) is 6.61 Å². The van der Waals surface area contributed by atoms with E-state index in [1.165, 1.54) is 27.2 Å². The molecule has 3 rings (SSSR count). The Bertz CT molecular complexity index is 1590. The van der Waals surface area contributed by atoms with Crippen molar-refractivity contribution in [3.05, 3.63) is 48.0 Å². The summed E-state index contributed by atoms with van der Waals surface area (Å²) < 4.78 is 61.3. The van der Waals surface area contributed by atoms with Crippen LogP contribution in [0.2, 0.25) is 0 Å². The van der Waals surface area contributed by atoms with Crippen LogP contribution in [0.5, 0.6) is 23.0 Å². The van der Waals surface area contributed by atoms with Crippen molar-refractivity contribution >= 4 is 35.8 Å². The molecule has 0 amide bonds. The molecule has 284 valence electrons. The second-order valence-corrected chi connectivity index (χ2v) is 11.1. The summed E-state index contributed by atoms with van der Waals surface area (Å²) in [6, 6.07) is 11.1. The van der Waals surface area contributed by atoms with Crippen molar-refractivity contribution in [2.24, 2.45) is 0 Å². The van der Waals surface area contributed by atoms with Crippen LogP contribution in [-0.4, -0.2) is 100 Å². The standard InChI is InChI=1S/C35H42O17/c1-9-44-25-15-14-23(16-27(25)43-8)29(28(17-45-18(2)36)50-26-13-11-10-12-24(26)42-7)51-34(41)32-30(46-19(3)37)31(47-20(4)38)33(48-21(5)39)35(52-32)49-22(6)40/h10-16,28-33,35H,9,17H2,1-8H3/t28?,29?,30-,31-,32-,33+,35+/m0/s1. The van der Waals surface area contributed by atoms with Crippen LogP contribution < -0.4 is 18.9 Å². The topological polar surface area (TPSA) is 204 Å². The van der Waals surface area contributed by atoms with Gasteiger partial charge in [0.05, 0.1) is 20.8 Å². The van der Waals surface area contributed by atoms with Crippen molar-refractivity contribution in [1.82, 2.24) is 0 Å². The lowest BCUT2D eigenvalue weighted by molar-refractivity contribution is -0.295. The molecule has 7 atom stereocenters. The highest BCUT2D eigenvalue weighted by Gasteiger charge is 2.56. The summed E-state index contributed by atoms with van der Waals surface area (Å²) >= 11 is 0. The van der Waals surface area contributed by atoms with Crippen LogP contribution in [0.15, 0.2) is 42.5 Å². The average molecular weight is 735 g/mol. The lowest BCUT2D eigenvalue weighted by atomic mass is 9.97. The van der Waals surface area contributed by atoms with Gasteiger partial charge < -0.3 is 52.1 Å². The lowest BCUT2D eigenvalue weighted by Gasteiger charge is -2.43. The molecule has 0 aliphatic carbocycles. The van der Waals surface area contributed by atoms with Gasteiger partial charge in [-0.05, 0) is 31.2 Å². The number of carbonyl (C=O) groups excluding carboxylic acids is 6. The summed E-state index contributed by atoms with van der Waals surface area (Å²) in [5.41, 5.74) is 0.242. The van der Waals surface area contributed by atoms with Crippen molar-refractivity contribution in [3.63, 3.8) is 0 Å². The van der Waals surface area contributed by atoms with Gasteiger partial charge in [0.15, 0.2) is 53.5 Å². The van der Waals surface area contributed by atoms with Crippen LogP contribution in [0, 0.1) is 0 Å². The zero-order chi connectivity index (χ0) is 38.5. The molecule has 0 aromatic heterocycles. The van der Waals surface area contributed by atoms with E-state index in [9.17, 15) is 28.8 Å². The van der Waals surface area contributed by atoms with Gasteiger partial charge in [-0.15, -0.1) is 0 Å². The first-order chi connectivity index (χ1) is 24.7. The van der Waals surface area contributed by atoms with E-state index in [1.54, 1.807) is 43.3 Å². The van der Waals surface area contributed by atoms with E-state index >= 15 is 0 Å². The summed E-state index contributed by atoms with van der Waals surface area (Å²) in [6.45, 7) is 6.85. The van der Waals surface area contributed by atoms with Crippen LogP contribution >= 0.6 is 0 Å². The third kappa shape index (κ3) is 11.2. The molecule has 0 spiro atoms. The lowest BCUT2D eigenvalue weighted by Crippen LogP contribution is -2.64. The van der Waals surface area contributed by atoms with Crippen molar-refractivity contribution in [3.8, 4) is 23.0 Å². The molecule has 17 heteroatoms. The maximum absolute atomic E-state index is 14.3. The Morgan fingerprint density at radius 2 is 1.25 bits per heavy atom. The predicted octanol–water partition coefficient (Wildman–Crippen LogP) is 2.78. The van der Waals surface area contributed by atoms with Gasteiger partial charge in [-0.25, -0.2) is 4.79 Å². The van der Waals surface area contributed by atoms with Crippen LogP contribution in [0.4, 0.5) is 0 Å². The largest absolute Gasteiger partial charge is 0.493 e. The Labute approximate surface area is 299 Å². The van der Waals surface area contributed by atoms with Crippen LogP contribution in [0.1, 0.15) is 53.2 Å². The normalized spacial score (nSPS) is 20.5. The van der Waals surface area contributed by atoms with Crippen molar-refractivity contribution < 1.29 is 80.9 Å². The van der Waals surface area contributed by atoms with Gasteiger partial charge in [-0.3, -0.25) is 24.0 Å². The number of rotatable bonds is 16. The highest BCUT2D eigenvalue weighted by molar-refractivity contribution is 5.78. The molecule has 2 unspecified atom stereocenters. The SMILES string of the molecule is CCOc1ccc(C(OC(=O)[C@H]2O[C@@H](OC(C)=O)[C@H](OC(C)=O)[C@@H](OC(C)=O)[C@@H]2OC(C)=O)C(COC(C)=O)Oc2ccccc2OC)cc1OC. The van der Waals surface area contributed by atoms with Gasteiger partial charge >= 0.3 is 35.8 Å². The molecule has 1 fully saturated rings. The monoisotopic (exact) mass is 734 g/mol. The molecule has 1 aliphatic rings. The fraction of sp³-hybridized carbons (Fsp3) is 0.486. The molecule has 0 bridgehead atoms. The first-order valence-corrected chi connectivity index (χ1v) is 16.0. The average Bonchev–Trinajstić information content (AvgIpc) is 3.07. The fourth-order valence-electron chi connectivity index (χ4n) is 5.17. The van der Waals surface area contributed by atoms with E-state index in [1.807, 2.05) is 0 Å². The molecular weight excluding hydrogens is 692 g/mol. The Hall–Kier alpha value is -5.58. The number of benzene rings is 2. The minimum Gasteiger partial charge on any atom is -0.493 e. The van der Waals surface area contributed by atoms with Gasteiger partial charge in [0, 0.05) is 40.2 Å². The first kappa shape index (κ1) is 40.8. The van der Waals surface area contributed by atoms with Gasteiger partial charge in [0.2, 0.25) is 12.4 Å². The third-order valence-corrected chi connectivity index (χ3v) is 7.11. The number of para-hydroxylation sites is 2. The number of methoxy groups -OCH3 is 2. The van der Waals surface area contributed by atoms with Crippen molar-refractivity contribution in [1.29, 1.82) is 0 Å². The highest BCUT2D eigenvalue weighted by Crippen LogP contribution is 2.37. The van der Waals surface area contributed by atoms with Gasteiger partial charge in [0.25, 0.3) is 0 Å². The van der Waals surface area contributed by atoms with Crippen LogP contribution in [-0.2, 0) is 61.9 Å². The summed E-state index contributed by atoms with van der Waals surface area (Å²) in [5.74, 6) is -4.57. The summed E-state index contributed by atoms with van der Waals surface area (Å²) in [4.78, 5) is 75.2. The quantitative estimate of drug-likeness (QED) is 0.180. The first-order valence-electron chi connectivity index (χ1n) is 16.0. The minimum atomic E-state index is -1.97. The molecule has 1 heterocycles. The third-order valence-electron chi connectivity index (χ3n) is 7.11. The number of hydrogen-bond donors (Lipinski definition) is 0. The molecule has 17 nitrogen and oxygen atoms in total. The molecule has 52 heavy (non-hydrogen) atoms. The highest BCUT2D eigenvalue weighted by atomic mass is 16.8. The zero-order valence-corrected chi connectivity index (χ0v) is 29.9. The maximum Gasteiger partial charge on any atom is 0.340 e. The van der Waals surface area contributed by atoms with E-state index in [4.69, 9.17) is 52.1 Å². The zero-order valence-electron chi connectivity index (χ0n) is 29.9. The van der Waals surface area contributed by atoms with Gasteiger partial charge in [-0.2, -0.15) is 0 Å². The molecule has 1 saturated heterocycles. The van der Waals surface area contributed by atoms with E-state index in [0.29, 0.717) is 18.1 Å². The Morgan fingerprint density at radius 3 is 1.81 bits per heavy atom. The Kier molecular flexibility index (Phi) is 15.0. The molecular formula is C35H42O17. The smallest absolute Gasteiger partial charge is 0.340 e. The summed E-state index contributed by atoms with van der Waals surface area (Å²) in [5, 5.41) is 0. The predicted molar refractivity (Wildman–Crippen MR) is 174 cm³/mol. The molecule has 2 aromatic carbocycles. The van der Waals surface area contributed by atoms with E-state index in [2.05, 4.69) is 0 Å². The summed E-state index contributed by atoms with van der Waals surface area (Å²) in [7, 11) is 2.81. The molecule has 0 N–H and O–H groups in total. The fourth-order valence-corrected chi connectivity index (χ4v) is 5.17. The number of esters is 6. The van der Waals surface area contributed by atoms with Crippen LogP contribution in [0.25, 0.3) is 0 Å². The molecule has 1 aliphatic heterocycles. The minimum absolute atomic E-state index is 0.182. The molecule has 2 aromatic rings. The van der Waals surface area contributed by atoms with E-state index in [0.717, 1.165) is 27.7 Å². The second kappa shape index (κ2) is 19.1. The number of hydrogen-bond acceptors (Lipinski definition) is 17. The number of carbonyl (C=O) groups is 6. The maximum atomic E-state index is 14.3. The van der Waals surface area contributed by atoms with Crippen molar-refractivity contribution in [2.75, 3.05) is 27.4 Å². The number of ether oxygens (including phenoxy) is 11.